The van der Waals surface area contributed by atoms with E-state index in [1.165, 1.54) is 286 Å². The molecule has 0 heterocycles. The Hall–Kier alpha value is -3.12. The molecule has 0 amide bonds. The van der Waals surface area contributed by atoms with Crippen LogP contribution in [0.3, 0.4) is 0 Å². The van der Waals surface area contributed by atoms with Crippen LogP contribution in [0.4, 0.5) is 0 Å². The summed E-state index contributed by atoms with van der Waals surface area (Å²) in [5, 5.41) is 0. The quantitative estimate of drug-likeness (QED) is 0.0409. The van der Waals surface area contributed by atoms with E-state index in [4.69, 9.17) is 0 Å². The Morgan fingerprint density at radius 1 is 0.194 bits per heavy atom. The first-order chi connectivity index (χ1) is 48.1. The Morgan fingerprint density at radius 2 is 0.418 bits per heavy atom. The molecule has 0 atom stereocenters. The molecule has 8 saturated carbocycles. The van der Waals surface area contributed by atoms with Crippen molar-refractivity contribution < 1.29 is 0 Å². The van der Waals surface area contributed by atoms with E-state index in [0.717, 1.165) is 101 Å². The van der Waals surface area contributed by atoms with Crippen molar-refractivity contribution >= 4 is 0 Å². The molecule has 0 nitrogen and oxygen atoms in total. The van der Waals surface area contributed by atoms with Crippen molar-refractivity contribution in [1.82, 2.24) is 0 Å². The van der Waals surface area contributed by atoms with Gasteiger partial charge in [-0.2, -0.15) is 0 Å². The lowest BCUT2D eigenvalue weighted by Gasteiger charge is -2.37. The average molecular weight is 1330 g/mol. The van der Waals surface area contributed by atoms with Crippen LogP contribution in [-0.4, -0.2) is 0 Å². The fraction of sp³-hybridized carbons (Fsp3) is 0.755. The highest BCUT2D eigenvalue weighted by Crippen LogP contribution is 2.48. The Kier molecular flexibility index (Phi) is 35.9. The number of rotatable bonds is 34. The highest BCUT2D eigenvalue weighted by molar-refractivity contribution is 5.29. The number of hydrogen-bond acceptors (Lipinski definition) is 0. The van der Waals surface area contributed by atoms with Gasteiger partial charge in [0.05, 0.1) is 0 Å². The zero-order valence-electron chi connectivity index (χ0n) is 65.8. The van der Waals surface area contributed by atoms with Crippen LogP contribution in [0.2, 0.25) is 0 Å². The van der Waals surface area contributed by atoms with Gasteiger partial charge in [-0.15, -0.1) is 0 Å². The molecule has 0 saturated heterocycles. The fourth-order valence-electron chi connectivity index (χ4n) is 21.2. The first-order valence-electron chi connectivity index (χ1n) is 44.5. The molecule has 4 aromatic carbocycles. The minimum absolute atomic E-state index is 0.841. The molecule has 12 rings (SSSR count). The summed E-state index contributed by atoms with van der Waals surface area (Å²) in [4.78, 5) is 0. The normalized spacial score (nSPS) is 29.7. The van der Waals surface area contributed by atoms with Gasteiger partial charge in [-0.25, -0.2) is 0 Å². The van der Waals surface area contributed by atoms with Crippen LogP contribution in [0.15, 0.2) is 97.1 Å². The summed E-state index contributed by atoms with van der Waals surface area (Å²) >= 11 is 0. The predicted octanol–water partition coefficient (Wildman–Crippen LogP) is 30.9. The van der Waals surface area contributed by atoms with Crippen LogP contribution in [0.25, 0.3) is 0 Å². The fourth-order valence-corrected chi connectivity index (χ4v) is 21.2. The van der Waals surface area contributed by atoms with Gasteiger partial charge in [0.2, 0.25) is 0 Å². The molecule has 8 fully saturated rings. The topological polar surface area (TPSA) is 0 Å². The highest BCUT2D eigenvalue weighted by Gasteiger charge is 2.34. The number of hydrogen-bond donors (Lipinski definition) is 0. The van der Waals surface area contributed by atoms with Crippen molar-refractivity contribution in [2.75, 3.05) is 0 Å². The Labute approximate surface area is 609 Å². The first-order valence-corrected chi connectivity index (χ1v) is 44.5. The third-order valence-corrected chi connectivity index (χ3v) is 28.1. The van der Waals surface area contributed by atoms with Crippen LogP contribution >= 0.6 is 0 Å². The molecule has 98 heavy (non-hydrogen) atoms. The van der Waals surface area contributed by atoms with Crippen molar-refractivity contribution in [3.8, 4) is 0 Å². The van der Waals surface area contributed by atoms with Crippen LogP contribution in [0.1, 0.15) is 419 Å². The molecule has 548 valence electrons. The first kappa shape index (κ1) is 79.0. The molecule has 4 aromatic rings. The van der Waals surface area contributed by atoms with Crippen molar-refractivity contribution in [2.24, 2.45) is 71.0 Å². The lowest BCUT2D eigenvalue weighted by molar-refractivity contribution is 0.154. The van der Waals surface area contributed by atoms with Crippen molar-refractivity contribution in [3.05, 3.63) is 142 Å². The Morgan fingerprint density at radius 3 is 0.653 bits per heavy atom. The van der Waals surface area contributed by atoms with Crippen molar-refractivity contribution in [1.29, 1.82) is 0 Å². The van der Waals surface area contributed by atoms with E-state index in [1.54, 1.807) is 73.6 Å². The average Bonchev–Trinajstić information content (AvgIpc) is 0.909. The molecule has 0 heteroatoms. The largest absolute Gasteiger partial charge is 0.0654 e. The SMILES string of the molecule is CCCC1CC(CCC2CCC(c3ccc(CC)cc3)CC2)C1.CCCCCc1ccc(C2CCC(CCC3CC(CCC)C3)CC2)cc1.CCCCc1ccc(C2CCC(CCC3CC(CCC)C3)CC2)cc1.CCCc1ccc(C2CCC(CCC3CC(CCC)C3)CC2)cc1. The summed E-state index contributed by atoms with van der Waals surface area (Å²) < 4.78 is 0. The van der Waals surface area contributed by atoms with Crippen molar-refractivity contribution in [3.63, 3.8) is 0 Å². The van der Waals surface area contributed by atoms with Crippen molar-refractivity contribution in [2.45, 2.75) is 400 Å². The zero-order chi connectivity index (χ0) is 68.5. The smallest absolute Gasteiger partial charge is 0.0162 e. The van der Waals surface area contributed by atoms with Crippen LogP contribution < -0.4 is 0 Å². The monoisotopic (exact) mass is 1330 g/mol. The van der Waals surface area contributed by atoms with Crippen LogP contribution in [0.5, 0.6) is 0 Å². The molecular formula is C98H156. The molecular weight excluding hydrogens is 1180 g/mol. The number of benzene rings is 4. The molecule has 8 aliphatic carbocycles. The predicted molar refractivity (Wildman–Crippen MR) is 431 cm³/mol. The van der Waals surface area contributed by atoms with E-state index in [-0.39, 0.29) is 0 Å². The summed E-state index contributed by atoms with van der Waals surface area (Å²) in [7, 11) is 0. The molecule has 0 radical (unpaired) electrons. The molecule has 8 aliphatic rings. The number of unbranched alkanes of at least 4 members (excludes halogenated alkanes) is 3. The molecule has 0 spiro atoms. The minimum Gasteiger partial charge on any atom is -0.0654 e. The van der Waals surface area contributed by atoms with E-state index in [1.807, 2.05) is 0 Å². The van der Waals surface area contributed by atoms with Gasteiger partial charge in [-0.3, -0.25) is 0 Å². The second kappa shape index (κ2) is 44.5. The maximum atomic E-state index is 2.44. The molecule has 0 N–H and O–H groups in total. The molecule has 0 bridgehead atoms. The Bertz CT molecular complexity index is 2600. The lowest BCUT2D eigenvalue weighted by Crippen LogP contribution is -2.24. The molecule has 0 unspecified atom stereocenters. The van der Waals surface area contributed by atoms with Gasteiger partial charge in [0, 0.05) is 0 Å². The van der Waals surface area contributed by atoms with Gasteiger partial charge in [0.25, 0.3) is 0 Å². The standard InChI is InChI=1S/C26H42.C25H40.C24H38.C23H36/c1-3-5-6-8-21-11-15-25(16-12-21)26-17-13-22(14-18-26)9-10-24-19-23(20-24)7-4-2;1-3-5-7-20-10-14-24(15-11-20)25-16-12-21(13-17-25)8-9-23-18-22(19-23)6-4-2;1-3-5-19-9-13-23(14-10-19)24-15-11-20(12-16-24)7-8-22-17-21(18-22)6-4-2;1-3-5-20-16-21(17-20)7-6-19-10-14-23(15-11-19)22-12-8-18(4-2)9-13-22/h11-12,15-16,22-24,26H,3-10,13-14,17-20H2,1-2H3;10-11,14-15,21-23,25H,3-9,12-13,16-19H2,1-2H3;9-10,13-14,20-22,24H,3-8,11-12,15-18H2,1-2H3;8-9,12-13,19-21,23H,3-7,10-11,14-17H2,1-2H3. The summed E-state index contributed by atoms with van der Waals surface area (Å²) in [5.74, 6) is 16.2. The van der Waals surface area contributed by atoms with Gasteiger partial charge in [0.1, 0.15) is 0 Å². The maximum Gasteiger partial charge on any atom is -0.0162 e. The van der Waals surface area contributed by atoms with Gasteiger partial charge in [-0.1, -0.05) is 281 Å². The maximum absolute atomic E-state index is 2.44. The van der Waals surface area contributed by atoms with Gasteiger partial charge >= 0.3 is 0 Å². The van der Waals surface area contributed by atoms with E-state index in [2.05, 4.69) is 152 Å². The van der Waals surface area contributed by atoms with Crippen LogP contribution in [0, 0.1) is 71.0 Å². The second-order valence-corrected chi connectivity index (χ2v) is 35.8. The zero-order valence-corrected chi connectivity index (χ0v) is 65.8. The van der Waals surface area contributed by atoms with Gasteiger partial charge in [-0.05, 0) is 332 Å². The van der Waals surface area contributed by atoms with E-state index in [0.29, 0.717) is 0 Å². The summed E-state index contributed by atoms with van der Waals surface area (Å²) in [6.45, 7) is 18.4. The third kappa shape index (κ3) is 26.9. The van der Waals surface area contributed by atoms with Gasteiger partial charge in [0.15, 0.2) is 0 Å². The summed E-state index contributed by atoms with van der Waals surface area (Å²) in [5.41, 5.74) is 12.5. The summed E-state index contributed by atoms with van der Waals surface area (Å²) in [6, 6.07) is 38.4. The minimum atomic E-state index is 0.841. The molecule has 0 aromatic heterocycles. The van der Waals surface area contributed by atoms with E-state index in [9.17, 15) is 0 Å². The highest BCUT2D eigenvalue weighted by atomic mass is 14.4. The van der Waals surface area contributed by atoms with E-state index < -0.39 is 0 Å². The lowest BCUT2D eigenvalue weighted by atomic mass is 9.69. The second-order valence-electron chi connectivity index (χ2n) is 35.8. The Balaban J connectivity index is 0.000000153. The third-order valence-electron chi connectivity index (χ3n) is 28.1. The summed E-state index contributed by atoms with van der Waals surface area (Å²) in [6.07, 6.45) is 72.2. The number of aryl methyl sites for hydroxylation is 4. The van der Waals surface area contributed by atoms with Crippen LogP contribution in [-0.2, 0) is 25.7 Å². The van der Waals surface area contributed by atoms with E-state index >= 15 is 0 Å². The van der Waals surface area contributed by atoms with Gasteiger partial charge < -0.3 is 0 Å². The molecule has 0 aliphatic heterocycles.